The van der Waals surface area contributed by atoms with Crippen LogP contribution in [-0.4, -0.2) is 22.4 Å². The summed E-state index contributed by atoms with van der Waals surface area (Å²) < 4.78 is 0. The van der Waals surface area contributed by atoms with E-state index in [4.69, 9.17) is 11.6 Å². The number of aromatic nitrogens is 2. The van der Waals surface area contributed by atoms with Crippen LogP contribution in [0.2, 0.25) is 5.02 Å². The van der Waals surface area contributed by atoms with Gasteiger partial charge in [0.05, 0.1) is 0 Å². The minimum absolute atomic E-state index is 0.110. The van der Waals surface area contributed by atoms with Crippen LogP contribution in [0.25, 0.3) is 0 Å². The summed E-state index contributed by atoms with van der Waals surface area (Å²) in [6, 6.07) is 15.3. The fraction of sp³-hybridized carbons (Fsp3) is 0.190. The molecule has 1 N–H and O–H groups in total. The summed E-state index contributed by atoms with van der Waals surface area (Å²) in [5.74, 6) is 1.02. The summed E-state index contributed by atoms with van der Waals surface area (Å²) in [7, 11) is 0. The van der Waals surface area contributed by atoms with Gasteiger partial charge in [0.2, 0.25) is 0 Å². The summed E-state index contributed by atoms with van der Waals surface area (Å²) >= 11 is 6.02. The van der Waals surface area contributed by atoms with Crippen molar-refractivity contribution in [1.29, 1.82) is 0 Å². The largest absolute Gasteiger partial charge is 0.340 e. The molecule has 0 saturated carbocycles. The van der Waals surface area contributed by atoms with Crippen molar-refractivity contribution in [2.24, 2.45) is 0 Å². The first-order chi connectivity index (χ1) is 13.0. The molecule has 0 atom stereocenters. The van der Waals surface area contributed by atoms with Gasteiger partial charge in [-0.25, -0.2) is 9.97 Å². The number of anilines is 3. The second-order valence-corrected chi connectivity index (χ2v) is 7.04. The lowest BCUT2D eigenvalue weighted by Crippen LogP contribution is -2.30. The highest BCUT2D eigenvalue weighted by molar-refractivity contribution is 6.30. The van der Waals surface area contributed by atoms with Gasteiger partial charge >= 0.3 is 0 Å². The third kappa shape index (κ3) is 3.51. The van der Waals surface area contributed by atoms with Crippen LogP contribution < -0.4 is 10.2 Å². The predicted molar refractivity (Wildman–Crippen MR) is 108 cm³/mol. The number of rotatable bonds is 3. The molecule has 6 heteroatoms. The fourth-order valence-electron chi connectivity index (χ4n) is 3.33. The molecular weight excluding hydrogens is 360 g/mol. The van der Waals surface area contributed by atoms with Crippen molar-refractivity contribution < 1.29 is 4.79 Å². The van der Waals surface area contributed by atoms with Gasteiger partial charge in [0.25, 0.3) is 5.91 Å². The molecular formula is C21H19ClN4O. The first-order valence-electron chi connectivity index (χ1n) is 8.80. The van der Waals surface area contributed by atoms with E-state index < -0.39 is 0 Å². The standard InChI is InChI=1S/C21H19ClN4O/c1-13-11-16(22)7-8-17(13)25-20-12-18(23-14(2)24-20)21(27)26-10-9-15-5-3-4-6-19(15)26/h3-8,11-12H,9-10H2,1-2H3,(H,23,24,25). The van der Waals surface area contributed by atoms with Crippen molar-refractivity contribution >= 4 is 34.7 Å². The zero-order valence-corrected chi connectivity index (χ0v) is 15.9. The Morgan fingerprint density at radius 1 is 1.11 bits per heavy atom. The van der Waals surface area contributed by atoms with E-state index in [-0.39, 0.29) is 5.91 Å². The van der Waals surface area contributed by atoms with Gasteiger partial charge in [-0.1, -0.05) is 29.8 Å². The molecule has 2 heterocycles. The average molecular weight is 379 g/mol. The Hall–Kier alpha value is -2.92. The van der Waals surface area contributed by atoms with Crippen LogP contribution in [-0.2, 0) is 6.42 Å². The number of benzene rings is 2. The van der Waals surface area contributed by atoms with Crippen molar-refractivity contribution in [3.05, 3.63) is 76.2 Å². The van der Waals surface area contributed by atoms with Gasteiger partial charge in [-0.3, -0.25) is 4.79 Å². The van der Waals surface area contributed by atoms with Gasteiger partial charge < -0.3 is 10.2 Å². The first-order valence-corrected chi connectivity index (χ1v) is 9.18. The smallest absolute Gasteiger partial charge is 0.277 e. The van der Waals surface area contributed by atoms with Crippen molar-refractivity contribution in [2.75, 3.05) is 16.8 Å². The molecule has 136 valence electrons. The third-order valence-electron chi connectivity index (χ3n) is 4.64. The van der Waals surface area contributed by atoms with E-state index in [0.29, 0.717) is 28.9 Å². The van der Waals surface area contributed by atoms with Gasteiger partial charge in [0.1, 0.15) is 17.3 Å². The highest BCUT2D eigenvalue weighted by Crippen LogP contribution is 2.29. The van der Waals surface area contributed by atoms with E-state index in [1.54, 1.807) is 17.9 Å². The van der Waals surface area contributed by atoms with Gasteiger partial charge in [0, 0.05) is 29.0 Å². The van der Waals surface area contributed by atoms with E-state index >= 15 is 0 Å². The van der Waals surface area contributed by atoms with Gasteiger partial charge in [-0.05, 0) is 55.7 Å². The molecule has 1 aromatic heterocycles. The topological polar surface area (TPSA) is 58.1 Å². The lowest BCUT2D eigenvalue weighted by molar-refractivity contribution is 0.0984. The van der Waals surface area contributed by atoms with E-state index in [2.05, 4.69) is 21.4 Å². The highest BCUT2D eigenvalue weighted by Gasteiger charge is 2.26. The molecule has 5 nitrogen and oxygen atoms in total. The number of hydrogen-bond donors (Lipinski definition) is 1. The second kappa shape index (κ2) is 7.00. The summed E-state index contributed by atoms with van der Waals surface area (Å²) in [5.41, 5.74) is 4.42. The van der Waals surface area contributed by atoms with Gasteiger partial charge in [-0.2, -0.15) is 0 Å². The van der Waals surface area contributed by atoms with Crippen LogP contribution in [0.4, 0.5) is 17.2 Å². The molecule has 0 spiro atoms. The maximum Gasteiger partial charge on any atom is 0.277 e. The van der Waals surface area contributed by atoms with Crippen molar-refractivity contribution in [2.45, 2.75) is 20.3 Å². The number of para-hydroxylation sites is 1. The lowest BCUT2D eigenvalue weighted by atomic mass is 10.2. The third-order valence-corrected chi connectivity index (χ3v) is 4.88. The number of carbonyl (C=O) groups is 1. The van der Waals surface area contributed by atoms with E-state index in [1.165, 1.54) is 5.56 Å². The van der Waals surface area contributed by atoms with Crippen LogP contribution >= 0.6 is 11.6 Å². The molecule has 2 aromatic carbocycles. The predicted octanol–water partition coefficient (Wildman–Crippen LogP) is 4.69. The number of fused-ring (bicyclic) bond motifs is 1. The number of carbonyl (C=O) groups excluding carboxylic acids is 1. The Labute approximate surface area is 163 Å². The Kier molecular flexibility index (Phi) is 4.54. The molecule has 0 aliphatic carbocycles. The second-order valence-electron chi connectivity index (χ2n) is 6.61. The average Bonchev–Trinajstić information content (AvgIpc) is 3.07. The number of amides is 1. The summed E-state index contributed by atoms with van der Waals surface area (Å²) in [6.45, 7) is 4.42. The SMILES string of the molecule is Cc1nc(Nc2ccc(Cl)cc2C)cc(C(=O)N2CCc3ccccc32)n1. The monoisotopic (exact) mass is 378 g/mol. The molecule has 4 rings (SSSR count). The maximum absolute atomic E-state index is 13.1. The lowest BCUT2D eigenvalue weighted by Gasteiger charge is -2.17. The molecule has 27 heavy (non-hydrogen) atoms. The molecule has 1 aliphatic heterocycles. The molecule has 0 bridgehead atoms. The fourth-order valence-corrected chi connectivity index (χ4v) is 3.56. The molecule has 0 fully saturated rings. The minimum Gasteiger partial charge on any atom is -0.340 e. The van der Waals surface area contributed by atoms with Crippen molar-refractivity contribution in [3.8, 4) is 0 Å². The van der Waals surface area contributed by atoms with Crippen LogP contribution in [0, 0.1) is 13.8 Å². The number of nitrogens with zero attached hydrogens (tertiary/aromatic N) is 3. The Morgan fingerprint density at radius 3 is 2.74 bits per heavy atom. The van der Waals surface area contributed by atoms with Crippen LogP contribution in [0.5, 0.6) is 0 Å². The first kappa shape index (κ1) is 17.5. The Bertz CT molecular complexity index is 1030. The van der Waals surface area contributed by atoms with Crippen molar-refractivity contribution in [1.82, 2.24) is 9.97 Å². The zero-order valence-electron chi connectivity index (χ0n) is 15.2. The summed E-state index contributed by atoms with van der Waals surface area (Å²) in [4.78, 5) is 23.6. The van der Waals surface area contributed by atoms with E-state index in [1.807, 2.05) is 43.3 Å². The molecule has 1 aliphatic rings. The zero-order chi connectivity index (χ0) is 19.0. The molecule has 0 unspecified atom stereocenters. The Morgan fingerprint density at radius 2 is 1.93 bits per heavy atom. The maximum atomic E-state index is 13.1. The van der Waals surface area contributed by atoms with Crippen molar-refractivity contribution in [3.63, 3.8) is 0 Å². The van der Waals surface area contributed by atoms with Gasteiger partial charge in [-0.15, -0.1) is 0 Å². The number of aryl methyl sites for hydroxylation is 2. The minimum atomic E-state index is -0.110. The van der Waals surface area contributed by atoms with Crippen LogP contribution in [0.1, 0.15) is 27.4 Å². The number of hydrogen-bond acceptors (Lipinski definition) is 4. The molecule has 0 radical (unpaired) electrons. The number of halogens is 1. The van der Waals surface area contributed by atoms with Crippen LogP contribution in [0.3, 0.4) is 0 Å². The molecule has 1 amide bonds. The quantitative estimate of drug-likeness (QED) is 0.718. The molecule has 3 aromatic rings. The number of nitrogens with one attached hydrogen (secondary N) is 1. The highest BCUT2D eigenvalue weighted by atomic mass is 35.5. The summed E-state index contributed by atoms with van der Waals surface area (Å²) in [5, 5.41) is 3.95. The molecule has 0 saturated heterocycles. The summed E-state index contributed by atoms with van der Waals surface area (Å²) in [6.07, 6.45) is 0.862. The van der Waals surface area contributed by atoms with Gasteiger partial charge in [0.15, 0.2) is 0 Å². The van der Waals surface area contributed by atoms with E-state index in [0.717, 1.165) is 23.4 Å². The van der Waals surface area contributed by atoms with E-state index in [9.17, 15) is 4.79 Å². The Balaban J connectivity index is 1.64. The normalized spacial score (nSPS) is 12.8. The van der Waals surface area contributed by atoms with Crippen LogP contribution in [0.15, 0.2) is 48.5 Å².